The molecule has 0 aromatic heterocycles. The largest absolute Gasteiger partial charge is 0.107 e. The summed E-state index contributed by atoms with van der Waals surface area (Å²) in [6, 6.07) is 0. The van der Waals surface area contributed by atoms with Gasteiger partial charge >= 0.3 is 0 Å². The molecular formula is C24H51S+. The van der Waals surface area contributed by atoms with Crippen molar-refractivity contribution < 1.29 is 0 Å². The Bertz CT molecular complexity index is 226. The zero-order chi connectivity index (χ0) is 18.4. The van der Waals surface area contributed by atoms with Crippen molar-refractivity contribution in [3.05, 3.63) is 0 Å². The van der Waals surface area contributed by atoms with Crippen LogP contribution in [0.15, 0.2) is 0 Å². The molecule has 0 aromatic rings. The molecule has 0 bridgehead atoms. The van der Waals surface area contributed by atoms with Gasteiger partial charge in [0.1, 0.15) is 11.5 Å². The Hall–Kier alpha value is 0.350. The number of hydrogen-bond donors (Lipinski definition) is 0. The van der Waals surface area contributed by atoms with Crippen LogP contribution in [0.4, 0.5) is 0 Å². The molecule has 0 heterocycles. The fourth-order valence-corrected chi connectivity index (χ4v) is 5.30. The standard InChI is InChI=1S/C24H51S/c1-4-6-7-8-9-10-11-12-13-14-15-16-17-18-19-20-21-22-24-25(3)23-5-2/h4-24H2,1-3H3/q+1. The highest BCUT2D eigenvalue weighted by Crippen LogP contribution is 2.14. The zero-order valence-corrected chi connectivity index (χ0v) is 19.1. The van der Waals surface area contributed by atoms with E-state index in [2.05, 4.69) is 20.1 Å². The van der Waals surface area contributed by atoms with Crippen molar-refractivity contribution in [2.75, 3.05) is 17.8 Å². The highest BCUT2D eigenvalue weighted by molar-refractivity contribution is 7.96. The summed E-state index contributed by atoms with van der Waals surface area (Å²) in [6.45, 7) is 4.62. The van der Waals surface area contributed by atoms with Gasteiger partial charge in [0.2, 0.25) is 0 Å². The molecule has 0 spiro atoms. The first-order valence-corrected chi connectivity index (χ1v) is 13.9. The van der Waals surface area contributed by atoms with E-state index in [0.29, 0.717) is 10.9 Å². The maximum atomic E-state index is 2.46. The molecule has 0 saturated carbocycles. The van der Waals surface area contributed by atoms with Crippen LogP contribution in [0.25, 0.3) is 0 Å². The summed E-state index contributed by atoms with van der Waals surface area (Å²) in [5, 5.41) is 0. The van der Waals surface area contributed by atoms with Crippen LogP contribution in [0, 0.1) is 0 Å². The lowest BCUT2D eigenvalue weighted by Crippen LogP contribution is -2.08. The van der Waals surface area contributed by atoms with E-state index < -0.39 is 0 Å². The molecule has 0 aliphatic heterocycles. The van der Waals surface area contributed by atoms with E-state index in [0.717, 1.165) is 0 Å². The normalized spacial score (nSPS) is 12.6. The Morgan fingerprint density at radius 2 is 0.680 bits per heavy atom. The monoisotopic (exact) mass is 371 g/mol. The minimum atomic E-state index is 0.711. The van der Waals surface area contributed by atoms with Crippen molar-refractivity contribution >= 4 is 10.9 Å². The first kappa shape index (κ1) is 25.4. The van der Waals surface area contributed by atoms with Gasteiger partial charge in [0.05, 0.1) is 6.26 Å². The Morgan fingerprint density at radius 1 is 0.360 bits per heavy atom. The van der Waals surface area contributed by atoms with Gasteiger partial charge in [-0.2, -0.15) is 0 Å². The van der Waals surface area contributed by atoms with E-state index in [4.69, 9.17) is 0 Å². The third-order valence-corrected chi connectivity index (χ3v) is 7.49. The van der Waals surface area contributed by atoms with E-state index in [1.54, 1.807) is 0 Å². The molecule has 0 N–H and O–H groups in total. The van der Waals surface area contributed by atoms with Crippen molar-refractivity contribution in [1.29, 1.82) is 0 Å². The van der Waals surface area contributed by atoms with Crippen LogP contribution in [0.3, 0.4) is 0 Å². The number of unbranched alkanes of at least 4 members (excludes halogenated alkanes) is 17. The molecule has 25 heavy (non-hydrogen) atoms. The fraction of sp³-hybridized carbons (Fsp3) is 1.00. The smallest absolute Gasteiger partial charge is 0.0654 e. The molecule has 0 nitrogen and oxygen atoms in total. The van der Waals surface area contributed by atoms with E-state index >= 15 is 0 Å². The molecule has 0 aromatic carbocycles. The Morgan fingerprint density at radius 3 is 1.00 bits per heavy atom. The molecule has 0 aliphatic carbocycles. The molecule has 152 valence electrons. The lowest BCUT2D eigenvalue weighted by Gasteiger charge is -2.04. The third kappa shape index (κ3) is 22.3. The lowest BCUT2D eigenvalue weighted by atomic mass is 10.0. The first-order chi connectivity index (χ1) is 12.3. The van der Waals surface area contributed by atoms with Crippen LogP contribution in [0.2, 0.25) is 0 Å². The predicted molar refractivity (Wildman–Crippen MR) is 122 cm³/mol. The molecule has 1 unspecified atom stereocenters. The molecule has 0 rings (SSSR count). The number of rotatable bonds is 21. The second-order valence-corrected chi connectivity index (χ2v) is 10.6. The molecule has 0 amide bonds. The first-order valence-electron chi connectivity index (χ1n) is 11.9. The fourth-order valence-electron chi connectivity index (χ4n) is 3.70. The molecule has 1 heteroatoms. The van der Waals surface area contributed by atoms with Crippen LogP contribution in [-0.2, 0) is 10.9 Å². The van der Waals surface area contributed by atoms with Gasteiger partial charge in [-0.25, -0.2) is 0 Å². The van der Waals surface area contributed by atoms with Gasteiger partial charge in [0.25, 0.3) is 0 Å². The SMILES string of the molecule is CCCCCCCCCCCCCCCCCCCC[S+](C)CCC. The summed E-state index contributed by atoms with van der Waals surface area (Å²) < 4.78 is 0. The second kappa shape index (κ2) is 22.4. The second-order valence-electron chi connectivity index (χ2n) is 8.20. The zero-order valence-electron chi connectivity index (χ0n) is 18.3. The van der Waals surface area contributed by atoms with E-state index in [1.165, 1.54) is 134 Å². The van der Waals surface area contributed by atoms with Crippen LogP contribution in [0.5, 0.6) is 0 Å². The van der Waals surface area contributed by atoms with Gasteiger partial charge in [0, 0.05) is 0 Å². The Balaban J connectivity index is 3.00. The van der Waals surface area contributed by atoms with Gasteiger partial charge in [-0.05, 0) is 30.2 Å². The van der Waals surface area contributed by atoms with E-state index in [-0.39, 0.29) is 0 Å². The molecule has 0 saturated heterocycles. The summed E-state index contributed by atoms with van der Waals surface area (Å²) in [5.41, 5.74) is 0. The summed E-state index contributed by atoms with van der Waals surface area (Å²) in [5.74, 6) is 2.95. The van der Waals surface area contributed by atoms with E-state index in [9.17, 15) is 0 Å². The van der Waals surface area contributed by atoms with Crippen molar-refractivity contribution in [3.63, 3.8) is 0 Å². The summed E-state index contributed by atoms with van der Waals surface area (Å²) in [4.78, 5) is 0. The lowest BCUT2D eigenvalue weighted by molar-refractivity contribution is 0.526. The van der Waals surface area contributed by atoms with Crippen LogP contribution >= 0.6 is 0 Å². The van der Waals surface area contributed by atoms with Gasteiger partial charge in [-0.1, -0.05) is 117 Å². The third-order valence-electron chi connectivity index (χ3n) is 5.40. The van der Waals surface area contributed by atoms with E-state index in [1.807, 2.05) is 0 Å². The predicted octanol–water partition coefficient (Wildman–Crippen LogP) is 8.69. The van der Waals surface area contributed by atoms with Crippen LogP contribution in [0.1, 0.15) is 136 Å². The number of hydrogen-bond acceptors (Lipinski definition) is 0. The molecule has 0 radical (unpaired) electrons. The summed E-state index contributed by atoms with van der Waals surface area (Å²) in [6.07, 6.45) is 30.4. The highest BCUT2D eigenvalue weighted by Gasteiger charge is 2.07. The van der Waals surface area contributed by atoms with Gasteiger partial charge < -0.3 is 0 Å². The van der Waals surface area contributed by atoms with Crippen molar-refractivity contribution in [2.24, 2.45) is 0 Å². The van der Waals surface area contributed by atoms with Crippen LogP contribution < -0.4 is 0 Å². The van der Waals surface area contributed by atoms with Crippen molar-refractivity contribution in [3.8, 4) is 0 Å². The molecular weight excluding hydrogens is 320 g/mol. The minimum absolute atomic E-state index is 0.711. The topological polar surface area (TPSA) is 0 Å². The van der Waals surface area contributed by atoms with Gasteiger partial charge in [0.15, 0.2) is 0 Å². The minimum Gasteiger partial charge on any atom is -0.0654 e. The molecule has 0 fully saturated rings. The molecule has 0 aliphatic rings. The average Bonchev–Trinajstić information content (AvgIpc) is 2.61. The Kier molecular flexibility index (Phi) is 22.7. The van der Waals surface area contributed by atoms with Gasteiger partial charge in [-0.3, -0.25) is 0 Å². The van der Waals surface area contributed by atoms with Crippen molar-refractivity contribution in [1.82, 2.24) is 0 Å². The van der Waals surface area contributed by atoms with Crippen molar-refractivity contribution in [2.45, 2.75) is 136 Å². The highest BCUT2D eigenvalue weighted by atomic mass is 32.2. The average molecular weight is 372 g/mol. The summed E-state index contributed by atoms with van der Waals surface area (Å²) >= 11 is 0. The summed E-state index contributed by atoms with van der Waals surface area (Å²) in [7, 11) is 0.711. The Labute approximate surface area is 164 Å². The maximum absolute atomic E-state index is 2.46. The molecule has 1 atom stereocenters. The van der Waals surface area contributed by atoms with Crippen LogP contribution in [-0.4, -0.2) is 17.8 Å². The van der Waals surface area contributed by atoms with Gasteiger partial charge in [-0.15, -0.1) is 0 Å². The quantitative estimate of drug-likeness (QED) is 0.140. The maximum Gasteiger partial charge on any atom is 0.107 e.